The van der Waals surface area contributed by atoms with Gasteiger partial charge in [0.1, 0.15) is 5.58 Å². The third kappa shape index (κ3) is 5.78. The Morgan fingerprint density at radius 2 is 1.84 bits per heavy atom. The Hall–Kier alpha value is -3.03. The minimum Gasteiger partial charge on any atom is -0.493 e. The molecule has 0 aliphatic carbocycles. The number of rotatable bonds is 12. The van der Waals surface area contributed by atoms with Crippen LogP contribution in [0.25, 0.3) is 11.0 Å². The molecule has 2 aromatic carbocycles. The maximum Gasteiger partial charge on any atom is 0.290 e. The summed E-state index contributed by atoms with van der Waals surface area (Å²) in [4.78, 5) is 29.0. The average Bonchev–Trinajstić information content (AvgIpc) is 3.16. The van der Waals surface area contributed by atoms with E-state index in [-0.39, 0.29) is 23.2 Å². The Labute approximate surface area is 222 Å². The lowest BCUT2D eigenvalue weighted by Crippen LogP contribution is -2.31. The van der Waals surface area contributed by atoms with Crippen molar-refractivity contribution in [1.29, 1.82) is 0 Å². The highest BCUT2D eigenvalue weighted by Gasteiger charge is 2.42. The van der Waals surface area contributed by atoms with Crippen LogP contribution in [-0.4, -0.2) is 43.8 Å². The summed E-state index contributed by atoms with van der Waals surface area (Å²) in [6, 6.07) is 9.75. The normalized spacial score (nSPS) is 15.0. The van der Waals surface area contributed by atoms with Crippen LogP contribution in [-0.2, 0) is 4.74 Å². The molecular formula is C29H34ClNO6. The molecule has 0 bridgehead atoms. The largest absolute Gasteiger partial charge is 0.493 e. The fourth-order valence-electron chi connectivity index (χ4n) is 4.63. The first-order chi connectivity index (χ1) is 17.8. The summed E-state index contributed by atoms with van der Waals surface area (Å²) in [5, 5.41) is 0.770. The van der Waals surface area contributed by atoms with Gasteiger partial charge in [-0.3, -0.25) is 9.59 Å². The quantitative estimate of drug-likeness (QED) is 0.254. The van der Waals surface area contributed by atoms with Crippen LogP contribution >= 0.6 is 11.6 Å². The molecule has 1 aromatic heterocycles. The van der Waals surface area contributed by atoms with Gasteiger partial charge in [0.25, 0.3) is 5.91 Å². The second kappa shape index (κ2) is 12.0. The van der Waals surface area contributed by atoms with Gasteiger partial charge < -0.3 is 23.5 Å². The van der Waals surface area contributed by atoms with Gasteiger partial charge in [0.15, 0.2) is 16.9 Å². The molecule has 198 valence electrons. The van der Waals surface area contributed by atoms with E-state index >= 15 is 0 Å². The van der Waals surface area contributed by atoms with E-state index in [1.54, 1.807) is 30.2 Å². The molecule has 1 aliphatic rings. The number of unbranched alkanes of at least 4 members (excludes halogenated alkanes) is 2. The van der Waals surface area contributed by atoms with Crippen LogP contribution < -0.4 is 14.9 Å². The highest BCUT2D eigenvalue weighted by Crippen LogP contribution is 2.41. The number of halogens is 1. The Morgan fingerprint density at radius 1 is 1.03 bits per heavy atom. The molecule has 2 heterocycles. The van der Waals surface area contributed by atoms with Gasteiger partial charge in [-0.25, -0.2) is 0 Å². The lowest BCUT2D eigenvalue weighted by atomic mass is 9.98. The lowest BCUT2D eigenvalue weighted by molar-refractivity contribution is 0.0593. The summed E-state index contributed by atoms with van der Waals surface area (Å²) in [5.41, 5.74) is 1.11. The number of fused-ring (bicyclic) bond motifs is 2. The van der Waals surface area contributed by atoms with Gasteiger partial charge in [-0.05, 0) is 62.6 Å². The van der Waals surface area contributed by atoms with Crippen LogP contribution in [0.15, 0.2) is 45.6 Å². The van der Waals surface area contributed by atoms with Crippen molar-refractivity contribution in [3.8, 4) is 11.5 Å². The standard InChI is InChI=1S/C29H34ClNO6/c1-5-6-7-14-36-23-11-9-19(16-24(23)34-4)26-25-27(32)21-17-20(30)10-12-22(21)37-28(25)29(33)31(26)13-8-15-35-18(2)3/h9-12,16-18,26H,5-8,13-15H2,1-4H3. The minimum absolute atomic E-state index is 0.0634. The molecular weight excluding hydrogens is 494 g/mol. The number of nitrogens with zero attached hydrogens (tertiary/aromatic N) is 1. The molecule has 0 radical (unpaired) electrons. The van der Waals surface area contributed by atoms with Crippen LogP contribution in [0.1, 0.15) is 74.2 Å². The SMILES string of the molecule is CCCCCOc1ccc(C2c3c(oc4ccc(Cl)cc4c3=O)C(=O)N2CCCOC(C)C)cc1OC. The summed E-state index contributed by atoms with van der Waals surface area (Å²) >= 11 is 6.18. The van der Waals surface area contributed by atoms with E-state index in [0.717, 1.165) is 24.8 Å². The molecule has 4 rings (SSSR count). The number of benzene rings is 2. The molecule has 0 fully saturated rings. The molecule has 7 nitrogen and oxygen atoms in total. The zero-order valence-electron chi connectivity index (χ0n) is 21.8. The third-order valence-electron chi connectivity index (χ3n) is 6.43. The lowest BCUT2D eigenvalue weighted by Gasteiger charge is -2.26. The van der Waals surface area contributed by atoms with Crippen molar-refractivity contribution in [2.75, 3.05) is 26.9 Å². The van der Waals surface area contributed by atoms with Gasteiger partial charge >= 0.3 is 0 Å². The van der Waals surface area contributed by atoms with Crippen LogP contribution in [0, 0.1) is 0 Å². The molecule has 0 spiro atoms. The van der Waals surface area contributed by atoms with Gasteiger partial charge in [0.2, 0.25) is 5.76 Å². The molecule has 0 saturated heterocycles. The molecule has 0 saturated carbocycles. The summed E-state index contributed by atoms with van der Waals surface area (Å²) in [5.74, 6) is 0.915. The summed E-state index contributed by atoms with van der Waals surface area (Å²) < 4.78 is 23.3. The van der Waals surface area contributed by atoms with Gasteiger partial charge in [-0.1, -0.05) is 37.4 Å². The summed E-state index contributed by atoms with van der Waals surface area (Å²) in [6.45, 7) is 7.57. The molecule has 3 aromatic rings. The number of hydrogen-bond acceptors (Lipinski definition) is 6. The highest BCUT2D eigenvalue weighted by molar-refractivity contribution is 6.31. The van der Waals surface area contributed by atoms with Gasteiger partial charge in [-0.15, -0.1) is 0 Å². The van der Waals surface area contributed by atoms with E-state index in [2.05, 4.69) is 6.92 Å². The van der Waals surface area contributed by atoms with Crippen LogP contribution in [0.3, 0.4) is 0 Å². The minimum atomic E-state index is -0.635. The summed E-state index contributed by atoms with van der Waals surface area (Å²) in [7, 11) is 1.58. The zero-order chi connectivity index (χ0) is 26.5. The molecule has 8 heteroatoms. The second-order valence-corrected chi connectivity index (χ2v) is 9.89. The number of carbonyl (C=O) groups excluding carboxylic acids is 1. The number of ether oxygens (including phenoxy) is 3. The molecule has 0 N–H and O–H groups in total. The van der Waals surface area contributed by atoms with E-state index in [9.17, 15) is 9.59 Å². The van der Waals surface area contributed by atoms with Gasteiger partial charge in [-0.2, -0.15) is 0 Å². The van der Waals surface area contributed by atoms with Crippen molar-refractivity contribution in [1.82, 2.24) is 4.90 Å². The van der Waals surface area contributed by atoms with Crippen molar-refractivity contribution in [2.45, 2.75) is 58.6 Å². The van der Waals surface area contributed by atoms with Crippen molar-refractivity contribution < 1.29 is 23.4 Å². The van der Waals surface area contributed by atoms with E-state index in [0.29, 0.717) is 59.2 Å². The predicted molar refractivity (Wildman–Crippen MR) is 144 cm³/mol. The monoisotopic (exact) mass is 527 g/mol. The number of carbonyl (C=O) groups is 1. The van der Waals surface area contributed by atoms with Crippen molar-refractivity contribution in [3.63, 3.8) is 0 Å². The number of amides is 1. The van der Waals surface area contributed by atoms with Crippen molar-refractivity contribution in [2.24, 2.45) is 0 Å². The first-order valence-electron chi connectivity index (χ1n) is 12.8. The Morgan fingerprint density at radius 3 is 2.57 bits per heavy atom. The fraction of sp³-hybridized carbons (Fsp3) is 0.448. The smallest absolute Gasteiger partial charge is 0.290 e. The van der Waals surface area contributed by atoms with Crippen molar-refractivity contribution >= 4 is 28.5 Å². The topological polar surface area (TPSA) is 78.2 Å². The predicted octanol–water partition coefficient (Wildman–Crippen LogP) is 6.38. The first kappa shape index (κ1) is 27.0. The van der Waals surface area contributed by atoms with Gasteiger partial charge in [0.05, 0.1) is 36.8 Å². The molecule has 1 unspecified atom stereocenters. The van der Waals surface area contributed by atoms with Crippen LogP contribution in [0.5, 0.6) is 11.5 Å². The molecule has 1 aliphatic heterocycles. The maximum atomic E-state index is 13.7. The zero-order valence-corrected chi connectivity index (χ0v) is 22.6. The van der Waals surface area contributed by atoms with Crippen LogP contribution in [0.2, 0.25) is 5.02 Å². The first-order valence-corrected chi connectivity index (χ1v) is 13.2. The highest BCUT2D eigenvalue weighted by atomic mass is 35.5. The van der Waals surface area contributed by atoms with E-state index in [1.165, 1.54) is 0 Å². The Balaban J connectivity index is 1.75. The molecule has 1 amide bonds. The Bertz CT molecular complexity index is 1320. The molecule has 37 heavy (non-hydrogen) atoms. The third-order valence-corrected chi connectivity index (χ3v) is 6.67. The average molecular weight is 528 g/mol. The van der Waals surface area contributed by atoms with Crippen molar-refractivity contribution in [3.05, 3.63) is 68.5 Å². The molecule has 1 atom stereocenters. The van der Waals surface area contributed by atoms with Crippen LogP contribution in [0.4, 0.5) is 0 Å². The number of hydrogen-bond donors (Lipinski definition) is 0. The Kier molecular flexibility index (Phi) is 8.77. The fourth-order valence-corrected chi connectivity index (χ4v) is 4.80. The summed E-state index contributed by atoms with van der Waals surface area (Å²) in [6.07, 6.45) is 3.85. The number of methoxy groups -OCH3 is 1. The van der Waals surface area contributed by atoms with E-state index in [4.69, 9.17) is 30.2 Å². The van der Waals surface area contributed by atoms with E-state index < -0.39 is 6.04 Å². The maximum absolute atomic E-state index is 13.7. The van der Waals surface area contributed by atoms with E-state index in [1.807, 2.05) is 32.0 Å². The second-order valence-electron chi connectivity index (χ2n) is 9.45. The van der Waals surface area contributed by atoms with Gasteiger partial charge in [0, 0.05) is 18.2 Å².